The van der Waals surface area contributed by atoms with Gasteiger partial charge in [-0.15, -0.1) is 10.2 Å². The van der Waals surface area contributed by atoms with Crippen molar-refractivity contribution in [3.05, 3.63) is 59.3 Å². The SMILES string of the molecule is CC(=O)c1cccc(NC(=O)CSc2nnc(-c3ccc4[nH]c(C)c(C)c4c3)o2)c1. The largest absolute Gasteiger partial charge is 0.411 e. The van der Waals surface area contributed by atoms with Crippen LogP contribution in [0.25, 0.3) is 22.4 Å². The van der Waals surface area contributed by atoms with Crippen molar-refractivity contribution < 1.29 is 14.0 Å². The normalized spacial score (nSPS) is 11.0. The topological polar surface area (TPSA) is 101 Å². The van der Waals surface area contributed by atoms with Crippen LogP contribution in [0.3, 0.4) is 0 Å². The highest BCUT2D eigenvalue weighted by molar-refractivity contribution is 7.99. The Bertz CT molecular complexity index is 1260. The molecule has 0 fully saturated rings. The van der Waals surface area contributed by atoms with Crippen molar-refractivity contribution in [1.82, 2.24) is 15.2 Å². The van der Waals surface area contributed by atoms with E-state index in [1.807, 2.05) is 25.1 Å². The first-order valence-electron chi connectivity index (χ1n) is 9.37. The van der Waals surface area contributed by atoms with Crippen LogP contribution in [0.4, 0.5) is 5.69 Å². The van der Waals surface area contributed by atoms with Crippen molar-refractivity contribution in [2.24, 2.45) is 0 Å². The van der Waals surface area contributed by atoms with Crippen molar-refractivity contribution in [3.8, 4) is 11.5 Å². The number of nitrogens with zero attached hydrogens (tertiary/aromatic N) is 2. The number of aryl methyl sites for hydroxylation is 2. The summed E-state index contributed by atoms with van der Waals surface area (Å²) in [5.74, 6) is 0.246. The third-order valence-corrected chi connectivity index (χ3v) is 5.66. The van der Waals surface area contributed by atoms with E-state index in [1.54, 1.807) is 24.3 Å². The van der Waals surface area contributed by atoms with Crippen LogP contribution >= 0.6 is 11.8 Å². The summed E-state index contributed by atoms with van der Waals surface area (Å²) in [4.78, 5) is 27.0. The molecule has 0 aliphatic carbocycles. The molecule has 8 heteroatoms. The zero-order chi connectivity index (χ0) is 21.3. The molecular formula is C22H20N4O3S. The highest BCUT2D eigenvalue weighted by Crippen LogP contribution is 2.28. The zero-order valence-electron chi connectivity index (χ0n) is 16.8. The standard InChI is InChI=1S/C22H20N4O3S/c1-12-13(2)23-19-8-7-16(10-18(12)19)21-25-26-22(29-21)30-11-20(28)24-17-6-4-5-15(9-17)14(3)27/h4-10,23H,11H2,1-3H3,(H,24,28). The summed E-state index contributed by atoms with van der Waals surface area (Å²) in [6, 6.07) is 12.8. The first-order chi connectivity index (χ1) is 14.4. The molecule has 0 unspecified atom stereocenters. The average molecular weight is 420 g/mol. The number of carbonyl (C=O) groups is 2. The van der Waals surface area contributed by atoms with E-state index in [0.717, 1.165) is 33.9 Å². The molecule has 2 N–H and O–H groups in total. The third kappa shape index (κ3) is 4.13. The lowest BCUT2D eigenvalue weighted by Crippen LogP contribution is -2.14. The highest BCUT2D eigenvalue weighted by atomic mass is 32.2. The molecule has 4 aromatic rings. The minimum atomic E-state index is -0.222. The first kappa shape index (κ1) is 19.9. The fraction of sp³-hybridized carbons (Fsp3) is 0.182. The van der Waals surface area contributed by atoms with Crippen molar-refractivity contribution in [2.75, 3.05) is 11.1 Å². The number of hydrogen-bond donors (Lipinski definition) is 2. The number of nitrogens with one attached hydrogen (secondary N) is 2. The van der Waals surface area contributed by atoms with Crippen molar-refractivity contribution in [2.45, 2.75) is 26.0 Å². The number of amides is 1. The van der Waals surface area contributed by atoms with Crippen LogP contribution in [0.15, 0.2) is 52.1 Å². The Kier molecular flexibility index (Phi) is 5.41. The Morgan fingerprint density at radius 1 is 1.13 bits per heavy atom. The molecule has 0 radical (unpaired) electrons. The highest BCUT2D eigenvalue weighted by Gasteiger charge is 2.13. The summed E-state index contributed by atoms with van der Waals surface area (Å²) in [5, 5.41) is 12.3. The fourth-order valence-electron chi connectivity index (χ4n) is 3.12. The molecule has 152 valence electrons. The number of fused-ring (bicyclic) bond motifs is 1. The Hall–Kier alpha value is -3.39. The molecule has 1 amide bonds. The molecule has 0 saturated heterocycles. The quantitative estimate of drug-likeness (QED) is 0.344. The minimum Gasteiger partial charge on any atom is -0.411 e. The smallest absolute Gasteiger partial charge is 0.277 e. The summed E-state index contributed by atoms with van der Waals surface area (Å²) in [6.07, 6.45) is 0. The van der Waals surface area contributed by atoms with Crippen molar-refractivity contribution in [3.63, 3.8) is 0 Å². The number of carbonyl (C=O) groups excluding carboxylic acids is 2. The van der Waals surface area contributed by atoms with E-state index in [2.05, 4.69) is 27.4 Å². The summed E-state index contributed by atoms with van der Waals surface area (Å²) in [6.45, 7) is 5.59. The van der Waals surface area contributed by atoms with E-state index in [4.69, 9.17) is 4.42 Å². The van der Waals surface area contributed by atoms with Crippen LogP contribution in [0.2, 0.25) is 0 Å². The van der Waals surface area contributed by atoms with Crippen LogP contribution in [-0.2, 0) is 4.79 Å². The van der Waals surface area contributed by atoms with Gasteiger partial charge >= 0.3 is 0 Å². The van der Waals surface area contributed by atoms with Gasteiger partial charge in [0.15, 0.2) is 5.78 Å². The Morgan fingerprint density at radius 3 is 2.77 bits per heavy atom. The molecule has 0 atom stereocenters. The molecule has 2 aromatic heterocycles. The number of thioether (sulfide) groups is 1. The van der Waals surface area contributed by atoms with Gasteiger partial charge in [0.2, 0.25) is 11.8 Å². The van der Waals surface area contributed by atoms with Gasteiger partial charge < -0.3 is 14.7 Å². The van der Waals surface area contributed by atoms with Gasteiger partial charge in [-0.2, -0.15) is 0 Å². The van der Waals surface area contributed by atoms with E-state index in [1.165, 1.54) is 12.5 Å². The molecular weight excluding hydrogens is 400 g/mol. The van der Waals surface area contributed by atoms with Crippen LogP contribution < -0.4 is 5.32 Å². The second kappa shape index (κ2) is 8.16. The predicted molar refractivity (Wildman–Crippen MR) is 117 cm³/mol. The molecule has 0 spiro atoms. The molecule has 7 nitrogen and oxygen atoms in total. The number of H-pyrrole nitrogens is 1. The van der Waals surface area contributed by atoms with Gasteiger partial charge in [0, 0.05) is 33.4 Å². The van der Waals surface area contributed by atoms with E-state index in [9.17, 15) is 9.59 Å². The summed E-state index contributed by atoms with van der Waals surface area (Å²) < 4.78 is 5.72. The number of ketones is 1. The van der Waals surface area contributed by atoms with E-state index < -0.39 is 0 Å². The van der Waals surface area contributed by atoms with E-state index in [-0.39, 0.29) is 17.4 Å². The summed E-state index contributed by atoms with van der Waals surface area (Å²) >= 11 is 1.16. The van der Waals surface area contributed by atoms with Gasteiger partial charge in [-0.1, -0.05) is 23.9 Å². The Balaban J connectivity index is 1.41. The number of rotatable bonds is 6. The zero-order valence-corrected chi connectivity index (χ0v) is 17.6. The van der Waals surface area contributed by atoms with Crippen LogP contribution in [0.1, 0.15) is 28.5 Å². The molecule has 0 saturated carbocycles. The molecule has 30 heavy (non-hydrogen) atoms. The maximum absolute atomic E-state index is 12.2. The first-order valence-corrected chi connectivity index (χ1v) is 10.4. The van der Waals surface area contributed by atoms with Gasteiger partial charge in [-0.05, 0) is 56.7 Å². The molecule has 2 aromatic carbocycles. The summed E-state index contributed by atoms with van der Waals surface area (Å²) in [7, 11) is 0. The number of benzene rings is 2. The molecule has 0 aliphatic rings. The van der Waals surface area contributed by atoms with Crippen molar-refractivity contribution >= 4 is 40.0 Å². The number of hydrogen-bond acceptors (Lipinski definition) is 6. The predicted octanol–water partition coefficient (Wildman–Crippen LogP) is 4.77. The second-order valence-electron chi connectivity index (χ2n) is 6.98. The van der Waals surface area contributed by atoms with Crippen LogP contribution in [0.5, 0.6) is 0 Å². The van der Waals surface area contributed by atoms with Crippen LogP contribution in [-0.4, -0.2) is 32.6 Å². The lowest BCUT2D eigenvalue weighted by Gasteiger charge is -2.05. The fourth-order valence-corrected chi connectivity index (χ4v) is 3.68. The van der Waals surface area contributed by atoms with Gasteiger partial charge in [-0.25, -0.2) is 0 Å². The summed E-state index contributed by atoms with van der Waals surface area (Å²) in [5.41, 5.74) is 5.33. The van der Waals surface area contributed by atoms with Crippen LogP contribution in [0, 0.1) is 13.8 Å². The number of anilines is 1. The third-order valence-electron chi connectivity index (χ3n) is 4.84. The Morgan fingerprint density at radius 2 is 1.97 bits per heavy atom. The molecule has 2 heterocycles. The molecule has 0 bridgehead atoms. The van der Waals surface area contributed by atoms with Crippen molar-refractivity contribution in [1.29, 1.82) is 0 Å². The monoisotopic (exact) mass is 420 g/mol. The maximum Gasteiger partial charge on any atom is 0.277 e. The molecule has 0 aliphatic heterocycles. The van der Waals surface area contributed by atoms with E-state index in [0.29, 0.717) is 22.4 Å². The number of aromatic nitrogens is 3. The van der Waals surface area contributed by atoms with Gasteiger partial charge in [0.05, 0.1) is 5.75 Å². The molecule has 4 rings (SSSR count). The van der Waals surface area contributed by atoms with E-state index >= 15 is 0 Å². The lowest BCUT2D eigenvalue weighted by atomic mass is 10.1. The van der Waals surface area contributed by atoms with Gasteiger partial charge in [0.1, 0.15) is 0 Å². The minimum absolute atomic E-state index is 0.0537. The Labute approximate surface area is 177 Å². The lowest BCUT2D eigenvalue weighted by molar-refractivity contribution is -0.113. The van der Waals surface area contributed by atoms with Gasteiger partial charge in [-0.3, -0.25) is 9.59 Å². The average Bonchev–Trinajstić information content (AvgIpc) is 3.31. The number of aromatic amines is 1. The van der Waals surface area contributed by atoms with Gasteiger partial charge in [0.25, 0.3) is 5.22 Å². The second-order valence-corrected chi connectivity index (χ2v) is 7.91. The maximum atomic E-state index is 12.2. The number of Topliss-reactive ketones (excluding diaryl/α,β-unsaturated/α-hetero) is 1.